The molecule has 1 heterocycles. The second-order valence-electron chi connectivity index (χ2n) is 5.70. The van der Waals surface area contributed by atoms with Gasteiger partial charge in [0.15, 0.2) is 0 Å². The Morgan fingerprint density at radius 2 is 2.00 bits per heavy atom. The Balaban J connectivity index is 1.64. The molecule has 0 spiro atoms. The van der Waals surface area contributed by atoms with Crippen molar-refractivity contribution < 1.29 is 9.53 Å². The van der Waals surface area contributed by atoms with Crippen molar-refractivity contribution in [3.63, 3.8) is 0 Å². The van der Waals surface area contributed by atoms with Crippen LogP contribution in [-0.2, 0) is 17.8 Å². The standard InChI is InChI=1S/C18H25N3O2/c1-14-13-15(2)21(20-14)12-4-11-19-18(22)10-7-16-5-8-17(23-3)9-6-16/h5-6,8-9,13H,4,7,10-12H2,1-3H3,(H,19,22). The molecule has 0 bridgehead atoms. The molecule has 23 heavy (non-hydrogen) atoms. The van der Waals surface area contributed by atoms with Crippen molar-refractivity contribution in [3.8, 4) is 5.75 Å². The van der Waals surface area contributed by atoms with Crippen LogP contribution in [0.15, 0.2) is 30.3 Å². The second kappa shape index (κ2) is 8.36. The molecule has 2 rings (SSSR count). The number of rotatable bonds is 8. The van der Waals surface area contributed by atoms with Gasteiger partial charge in [-0.15, -0.1) is 0 Å². The van der Waals surface area contributed by atoms with Crippen LogP contribution < -0.4 is 10.1 Å². The normalized spacial score (nSPS) is 10.6. The maximum absolute atomic E-state index is 11.9. The molecule has 0 atom stereocenters. The summed E-state index contributed by atoms with van der Waals surface area (Å²) in [7, 11) is 1.65. The quantitative estimate of drug-likeness (QED) is 0.762. The maximum Gasteiger partial charge on any atom is 0.220 e. The van der Waals surface area contributed by atoms with Gasteiger partial charge in [0.2, 0.25) is 5.91 Å². The number of amides is 1. The minimum absolute atomic E-state index is 0.0918. The summed E-state index contributed by atoms with van der Waals surface area (Å²) < 4.78 is 7.11. The Morgan fingerprint density at radius 1 is 1.26 bits per heavy atom. The first-order chi connectivity index (χ1) is 11.1. The minimum atomic E-state index is 0.0918. The molecule has 1 aromatic heterocycles. The van der Waals surface area contributed by atoms with Crippen molar-refractivity contribution in [1.29, 1.82) is 0 Å². The van der Waals surface area contributed by atoms with Crippen molar-refractivity contribution >= 4 is 5.91 Å². The first kappa shape index (κ1) is 17.1. The highest BCUT2D eigenvalue weighted by Gasteiger charge is 2.04. The Bertz CT molecular complexity index is 632. The van der Waals surface area contributed by atoms with Crippen LogP contribution in [0.2, 0.25) is 0 Å². The topological polar surface area (TPSA) is 56.1 Å². The molecule has 0 radical (unpaired) electrons. The molecule has 2 aromatic rings. The van der Waals surface area contributed by atoms with Gasteiger partial charge in [-0.05, 0) is 50.5 Å². The number of methoxy groups -OCH3 is 1. The number of hydrogen-bond acceptors (Lipinski definition) is 3. The fraction of sp³-hybridized carbons (Fsp3) is 0.444. The van der Waals surface area contributed by atoms with Gasteiger partial charge < -0.3 is 10.1 Å². The fourth-order valence-corrected chi connectivity index (χ4v) is 2.50. The van der Waals surface area contributed by atoms with Crippen LogP contribution in [0.1, 0.15) is 29.8 Å². The highest BCUT2D eigenvalue weighted by Crippen LogP contribution is 2.12. The van der Waals surface area contributed by atoms with Crippen LogP contribution >= 0.6 is 0 Å². The molecule has 124 valence electrons. The largest absolute Gasteiger partial charge is 0.497 e. The molecular weight excluding hydrogens is 290 g/mol. The third-order valence-corrected chi connectivity index (χ3v) is 3.77. The van der Waals surface area contributed by atoms with E-state index >= 15 is 0 Å². The van der Waals surface area contributed by atoms with Gasteiger partial charge in [-0.25, -0.2) is 0 Å². The molecule has 0 unspecified atom stereocenters. The summed E-state index contributed by atoms with van der Waals surface area (Å²) in [5, 5.41) is 7.38. The molecule has 0 aliphatic rings. The fourth-order valence-electron chi connectivity index (χ4n) is 2.50. The molecule has 1 amide bonds. The predicted molar refractivity (Wildman–Crippen MR) is 90.6 cm³/mol. The van der Waals surface area contributed by atoms with Crippen molar-refractivity contribution in [2.45, 2.75) is 39.7 Å². The average molecular weight is 315 g/mol. The number of nitrogens with zero attached hydrogens (tertiary/aromatic N) is 2. The monoisotopic (exact) mass is 315 g/mol. The van der Waals surface area contributed by atoms with Crippen molar-refractivity contribution in [2.24, 2.45) is 0 Å². The highest BCUT2D eigenvalue weighted by atomic mass is 16.5. The first-order valence-corrected chi connectivity index (χ1v) is 7.99. The summed E-state index contributed by atoms with van der Waals surface area (Å²) in [5.74, 6) is 0.927. The molecule has 0 aliphatic heterocycles. The van der Waals surface area contributed by atoms with Crippen LogP contribution in [0, 0.1) is 13.8 Å². The Morgan fingerprint density at radius 3 is 2.61 bits per heavy atom. The number of benzene rings is 1. The molecular formula is C18H25N3O2. The number of carbonyl (C=O) groups excluding carboxylic acids is 1. The van der Waals surface area contributed by atoms with Gasteiger partial charge >= 0.3 is 0 Å². The van der Waals surface area contributed by atoms with Crippen molar-refractivity contribution in [2.75, 3.05) is 13.7 Å². The van der Waals surface area contributed by atoms with Crippen LogP contribution in [0.3, 0.4) is 0 Å². The van der Waals surface area contributed by atoms with Crippen LogP contribution in [0.5, 0.6) is 5.75 Å². The Kier molecular flexibility index (Phi) is 6.20. The van der Waals surface area contributed by atoms with Gasteiger partial charge in [0, 0.05) is 25.2 Å². The second-order valence-corrected chi connectivity index (χ2v) is 5.70. The van der Waals surface area contributed by atoms with Gasteiger partial charge in [-0.2, -0.15) is 5.10 Å². The van der Waals surface area contributed by atoms with E-state index < -0.39 is 0 Å². The summed E-state index contributed by atoms with van der Waals surface area (Å²) in [4.78, 5) is 11.9. The van der Waals surface area contributed by atoms with E-state index in [-0.39, 0.29) is 5.91 Å². The number of aromatic nitrogens is 2. The molecule has 0 saturated heterocycles. The van der Waals surface area contributed by atoms with E-state index in [1.807, 2.05) is 42.8 Å². The van der Waals surface area contributed by atoms with Gasteiger partial charge in [0.1, 0.15) is 5.75 Å². The number of ether oxygens (including phenoxy) is 1. The van der Waals surface area contributed by atoms with Gasteiger partial charge in [0.25, 0.3) is 0 Å². The minimum Gasteiger partial charge on any atom is -0.497 e. The van der Waals surface area contributed by atoms with E-state index in [1.54, 1.807) is 7.11 Å². The molecule has 0 aliphatic carbocycles. The zero-order chi connectivity index (χ0) is 16.7. The highest BCUT2D eigenvalue weighted by molar-refractivity contribution is 5.76. The Labute approximate surface area is 137 Å². The van der Waals surface area contributed by atoms with Crippen LogP contribution in [0.4, 0.5) is 0 Å². The molecule has 5 nitrogen and oxygen atoms in total. The lowest BCUT2D eigenvalue weighted by Gasteiger charge is -2.07. The molecule has 0 saturated carbocycles. The van der Waals surface area contributed by atoms with Gasteiger partial charge in [-0.3, -0.25) is 9.48 Å². The zero-order valence-electron chi connectivity index (χ0n) is 14.1. The smallest absolute Gasteiger partial charge is 0.220 e. The van der Waals surface area contributed by atoms with E-state index in [1.165, 1.54) is 0 Å². The van der Waals surface area contributed by atoms with Gasteiger partial charge in [-0.1, -0.05) is 12.1 Å². The first-order valence-electron chi connectivity index (χ1n) is 7.99. The molecule has 1 N–H and O–H groups in total. The summed E-state index contributed by atoms with van der Waals surface area (Å²) in [6.07, 6.45) is 2.13. The van der Waals surface area contributed by atoms with E-state index in [0.717, 1.165) is 42.1 Å². The number of nitrogens with one attached hydrogen (secondary N) is 1. The van der Waals surface area contributed by atoms with E-state index in [4.69, 9.17) is 4.74 Å². The lowest BCUT2D eigenvalue weighted by atomic mass is 10.1. The number of hydrogen-bond donors (Lipinski definition) is 1. The summed E-state index contributed by atoms with van der Waals surface area (Å²) in [6, 6.07) is 9.89. The lowest BCUT2D eigenvalue weighted by Crippen LogP contribution is -2.25. The average Bonchev–Trinajstić information content (AvgIpc) is 2.87. The summed E-state index contributed by atoms with van der Waals surface area (Å²) >= 11 is 0. The molecule has 5 heteroatoms. The Hall–Kier alpha value is -2.30. The van der Waals surface area contributed by atoms with Crippen LogP contribution in [-0.4, -0.2) is 29.3 Å². The lowest BCUT2D eigenvalue weighted by molar-refractivity contribution is -0.121. The third kappa shape index (κ3) is 5.43. The van der Waals surface area contributed by atoms with Crippen molar-refractivity contribution in [3.05, 3.63) is 47.3 Å². The maximum atomic E-state index is 11.9. The summed E-state index contributed by atoms with van der Waals surface area (Å²) in [5.41, 5.74) is 3.34. The number of aryl methyl sites for hydroxylation is 4. The van der Waals surface area contributed by atoms with Gasteiger partial charge in [0.05, 0.1) is 12.8 Å². The third-order valence-electron chi connectivity index (χ3n) is 3.77. The molecule has 0 fully saturated rings. The van der Waals surface area contributed by atoms with Crippen molar-refractivity contribution in [1.82, 2.24) is 15.1 Å². The predicted octanol–water partition coefficient (Wildman–Crippen LogP) is 2.65. The molecule has 1 aromatic carbocycles. The summed E-state index contributed by atoms with van der Waals surface area (Å²) in [6.45, 7) is 5.55. The van der Waals surface area contributed by atoms with E-state index in [0.29, 0.717) is 13.0 Å². The zero-order valence-corrected chi connectivity index (χ0v) is 14.1. The SMILES string of the molecule is COc1ccc(CCC(=O)NCCCn2nc(C)cc2C)cc1. The number of carbonyl (C=O) groups is 1. The van der Waals surface area contributed by atoms with E-state index in [2.05, 4.69) is 16.5 Å². The van der Waals surface area contributed by atoms with E-state index in [9.17, 15) is 4.79 Å². The van der Waals surface area contributed by atoms with Crippen LogP contribution in [0.25, 0.3) is 0 Å².